The van der Waals surface area contributed by atoms with Gasteiger partial charge in [0.15, 0.2) is 6.10 Å². The molecule has 5 N–H and O–H groups in total. The van der Waals surface area contributed by atoms with Crippen LogP contribution >= 0.6 is 11.6 Å². The van der Waals surface area contributed by atoms with E-state index >= 15 is 0 Å². The Labute approximate surface area is 411 Å². The van der Waals surface area contributed by atoms with Crippen LogP contribution in [0.1, 0.15) is 94.1 Å². The van der Waals surface area contributed by atoms with Crippen LogP contribution in [0.4, 0.5) is 4.79 Å². The van der Waals surface area contributed by atoms with Crippen LogP contribution in [-0.2, 0) is 58.9 Å². The van der Waals surface area contributed by atoms with Gasteiger partial charge in [0.25, 0.3) is 5.91 Å². The molecule has 386 valence electrons. The third-order valence-electron chi connectivity index (χ3n) is 11.9. The predicted octanol–water partition coefficient (Wildman–Crippen LogP) is 3.63. The van der Waals surface area contributed by atoms with Gasteiger partial charge in [0, 0.05) is 50.0 Å². The largest absolute Gasteiger partial charge is 0.456 e. The Morgan fingerprint density at radius 1 is 0.942 bits per heavy atom. The highest BCUT2D eigenvalue weighted by Crippen LogP contribution is 2.26. The molecule has 9 atom stereocenters. The van der Waals surface area contributed by atoms with E-state index in [-0.39, 0.29) is 57.1 Å². The molecular formula is C49H75ClN6O13. The van der Waals surface area contributed by atoms with E-state index in [4.69, 9.17) is 35.7 Å². The van der Waals surface area contributed by atoms with Crippen LogP contribution in [0.3, 0.4) is 0 Å². The van der Waals surface area contributed by atoms with Gasteiger partial charge in [-0.3, -0.25) is 24.0 Å². The summed E-state index contributed by atoms with van der Waals surface area (Å²) in [5, 5.41) is 20.1. The second kappa shape index (κ2) is 29.5. The number of rotatable bonds is 13. The molecule has 0 unspecified atom stereocenters. The fourth-order valence-electron chi connectivity index (χ4n) is 7.27. The predicted molar refractivity (Wildman–Crippen MR) is 258 cm³/mol. The van der Waals surface area contributed by atoms with Crippen LogP contribution < -0.4 is 21.3 Å². The van der Waals surface area contributed by atoms with Gasteiger partial charge < -0.3 is 55.1 Å². The summed E-state index contributed by atoms with van der Waals surface area (Å²) in [5.74, 6) is -6.45. The van der Waals surface area contributed by atoms with Crippen LogP contribution in [0.2, 0.25) is 5.02 Å². The summed E-state index contributed by atoms with van der Waals surface area (Å²) < 4.78 is 22.9. The number of likely N-dealkylation sites (N-methyl/N-ethyl adjacent to an activating group) is 2. The first-order chi connectivity index (χ1) is 32.4. The van der Waals surface area contributed by atoms with Gasteiger partial charge >= 0.3 is 18.0 Å². The fourth-order valence-corrected chi connectivity index (χ4v) is 7.40. The molecule has 1 aliphatic heterocycles. The highest BCUT2D eigenvalue weighted by atomic mass is 35.5. The van der Waals surface area contributed by atoms with Crippen molar-refractivity contribution < 1.29 is 62.4 Å². The molecule has 0 fully saturated rings. The molecule has 0 saturated carbocycles. The van der Waals surface area contributed by atoms with Crippen molar-refractivity contribution in [1.29, 1.82) is 0 Å². The van der Waals surface area contributed by atoms with Crippen molar-refractivity contribution in [1.82, 2.24) is 31.1 Å². The van der Waals surface area contributed by atoms with Crippen molar-refractivity contribution in [2.45, 2.75) is 137 Å². The van der Waals surface area contributed by atoms with Gasteiger partial charge in [0.1, 0.15) is 36.4 Å². The molecule has 20 heteroatoms. The maximum absolute atomic E-state index is 14.3. The Bertz CT molecular complexity index is 1980. The molecule has 0 spiro atoms. The zero-order valence-electron chi connectivity index (χ0n) is 42.2. The molecular weight excluding hydrogens is 916 g/mol. The maximum Gasteiger partial charge on any atom is 0.407 e. The molecule has 1 heterocycles. The Hall–Kier alpha value is -5.53. The van der Waals surface area contributed by atoms with Crippen LogP contribution in [0.5, 0.6) is 0 Å². The highest BCUT2D eigenvalue weighted by molar-refractivity contribution is 6.30. The Morgan fingerprint density at radius 3 is 2.17 bits per heavy atom. The maximum atomic E-state index is 14.3. The summed E-state index contributed by atoms with van der Waals surface area (Å²) in [5.41, 5.74) is 1.28. The van der Waals surface area contributed by atoms with E-state index in [2.05, 4.69) is 21.3 Å². The lowest BCUT2D eigenvalue weighted by Gasteiger charge is -2.33. The minimum absolute atomic E-state index is 0.000115. The monoisotopic (exact) mass is 991 g/mol. The average molecular weight is 992 g/mol. The lowest BCUT2D eigenvalue weighted by atomic mass is 9.90. The number of ether oxygens (including phenoxy) is 4. The second-order valence-corrected chi connectivity index (χ2v) is 18.4. The number of aliphatic hydroxyl groups excluding tert-OH is 1. The molecule has 1 aromatic rings. The van der Waals surface area contributed by atoms with Crippen molar-refractivity contribution in [3.05, 3.63) is 58.1 Å². The molecule has 6 amide bonds. The standard InChI is InChI=1S/C49H75ClN6O13/c1-13-29(5)41-44(60)53-34(10)48(64)69-42(30(6)14-2)32(8)38(68-49(65)51-21-23-66-24-22-57)20-15-31(7)47(63)67-39(25-28(3)4)43(59)52-33(9)45(61)56(12)37(26-35-16-18-36(50)19-17-35)46(62)55(11)27-40(58)54-41/h14-19,28-29,32-34,37-39,41-42,57H,13,20-27H2,1-12H3,(H,51,65)(H,52,59)(H,53,60)(H,54,58)/b30-14+,31-15+/t29-,32+,33+,34-,37-,38+,39-,41+,42-/m1/s1. The van der Waals surface area contributed by atoms with Crippen molar-refractivity contribution in [3.63, 3.8) is 0 Å². The zero-order chi connectivity index (χ0) is 52.1. The topological polar surface area (TPSA) is 248 Å². The number of carbonyl (C=O) groups excluding carboxylic acids is 8. The number of carbonyl (C=O) groups is 8. The van der Waals surface area contributed by atoms with E-state index in [1.54, 1.807) is 58.0 Å². The SMILES string of the molecule is C/C=C(\C)[C@H]1OC(=O)[C@@H](C)NC(=O)[C@H]([C@H](C)CC)NC(=O)CN(C)C(=O)[C@@H](Cc2ccc(Cl)cc2)N(C)C(=O)[C@H](C)NC(=O)[C@@H](CC(C)C)OC(=O)/C(C)=C/C[C@H](OC(=O)NCCOCCO)[C@@H]1C. The van der Waals surface area contributed by atoms with Crippen molar-refractivity contribution in [2.24, 2.45) is 17.8 Å². The van der Waals surface area contributed by atoms with E-state index < -0.39 is 108 Å². The highest BCUT2D eigenvalue weighted by Gasteiger charge is 2.37. The minimum atomic E-state index is -1.34. The number of esters is 2. The van der Waals surface area contributed by atoms with Crippen molar-refractivity contribution >= 4 is 59.2 Å². The van der Waals surface area contributed by atoms with Gasteiger partial charge in [-0.2, -0.15) is 0 Å². The third-order valence-corrected chi connectivity index (χ3v) is 12.1. The number of hydrogen-bond donors (Lipinski definition) is 5. The van der Waals surface area contributed by atoms with Gasteiger partial charge in [0.05, 0.1) is 26.4 Å². The molecule has 19 nitrogen and oxygen atoms in total. The summed E-state index contributed by atoms with van der Waals surface area (Å²) in [6.45, 7) is 16.2. The van der Waals surface area contributed by atoms with Gasteiger partial charge in [-0.25, -0.2) is 14.4 Å². The van der Waals surface area contributed by atoms with E-state index in [1.165, 1.54) is 45.8 Å². The number of allylic oxidation sites excluding steroid dienone is 1. The number of hydrogen-bond acceptors (Lipinski definition) is 13. The lowest BCUT2D eigenvalue weighted by molar-refractivity contribution is -0.155. The summed E-state index contributed by atoms with van der Waals surface area (Å²) in [6.07, 6.45) is -0.609. The van der Waals surface area contributed by atoms with E-state index in [0.717, 1.165) is 4.90 Å². The molecule has 0 aliphatic carbocycles. The van der Waals surface area contributed by atoms with Crippen LogP contribution in [0, 0.1) is 17.8 Å². The number of benzene rings is 1. The van der Waals surface area contributed by atoms with Gasteiger partial charge in [0.2, 0.25) is 23.6 Å². The van der Waals surface area contributed by atoms with E-state index in [0.29, 0.717) is 22.6 Å². The second-order valence-electron chi connectivity index (χ2n) is 18.0. The minimum Gasteiger partial charge on any atom is -0.456 e. The normalized spacial score (nSPS) is 26.2. The first-order valence-electron chi connectivity index (χ1n) is 23.5. The number of nitrogens with zero attached hydrogens (tertiary/aromatic N) is 2. The molecule has 0 radical (unpaired) electrons. The summed E-state index contributed by atoms with van der Waals surface area (Å²) in [7, 11) is 2.79. The Balaban J connectivity index is 2.71. The quantitative estimate of drug-likeness (QED) is 0.0821. The van der Waals surface area contributed by atoms with Gasteiger partial charge in [-0.15, -0.1) is 0 Å². The Kier molecular flexibility index (Phi) is 25.5. The number of halogens is 1. The average Bonchev–Trinajstić information content (AvgIpc) is 3.30. The molecule has 0 saturated heterocycles. The molecule has 1 aliphatic rings. The first kappa shape index (κ1) is 59.6. The van der Waals surface area contributed by atoms with Gasteiger partial charge in [-0.1, -0.05) is 76.9 Å². The number of cyclic esters (lactones) is 2. The van der Waals surface area contributed by atoms with Crippen LogP contribution in [0.25, 0.3) is 0 Å². The van der Waals surface area contributed by atoms with Gasteiger partial charge in [-0.05, 0) is 76.1 Å². The summed E-state index contributed by atoms with van der Waals surface area (Å²) >= 11 is 6.13. The number of amides is 6. The smallest absolute Gasteiger partial charge is 0.407 e. The first-order valence-corrected chi connectivity index (χ1v) is 23.8. The van der Waals surface area contributed by atoms with Crippen molar-refractivity contribution in [2.75, 3.05) is 47.0 Å². The molecule has 69 heavy (non-hydrogen) atoms. The fraction of sp³-hybridized carbons (Fsp3) is 0.633. The number of nitrogens with one attached hydrogen (secondary N) is 4. The number of aliphatic hydroxyl groups is 1. The third kappa shape index (κ3) is 19.4. The van der Waals surface area contributed by atoms with Crippen LogP contribution in [-0.4, -0.2) is 152 Å². The lowest BCUT2D eigenvalue weighted by Crippen LogP contribution is -2.57. The molecule has 0 aromatic heterocycles. The molecule has 2 rings (SSSR count). The zero-order valence-corrected chi connectivity index (χ0v) is 43.0. The van der Waals surface area contributed by atoms with Crippen LogP contribution in [0.15, 0.2) is 47.6 Å². The molecule has 1 aromatic carbocycles. The van der Waals surface area contributed by atoms with E-state index in [1.807, 2.05) is 20.8 Å². The Morgan fingerprint density at radius 2 is 1.58 bits per heavy atom. The summed E-state index contributed by atoms with van der Waals surface area (Å²) in [6, 6.07) is 1.88. The van der Waals surface area contributed by atoms with Crippen molar-refractivity contribution in [3.8, 4) is 0 Å². The van der Waals surface area contributed by atoms with E-state index in [9.17, 15) is 38.4 Å². The molecule has 0 bridgehead atoms. The summed E-state index contributed by atoms with van der Waals surface area (Å²) in [4.78, 5) is 113. The number of alkyl carbamates (subject to hydrolysis) is 1.